The van der Waals surface area contributed by atoms with Crippen LogP contribution in [0.15, 0.2) is 0 Å². The zero-order valence-electron chi connectivity index (χ0n) is 13.4. The molecular weight excluding hydrogens is 273 g/mol. The fourth-order valence-electron chi connectivity index (χ4n) is 2.44. The summed E-state index contributed by atoms with van der Waals surface area (Å²) in [4.78, 5) is 14.5. The van der Waals surface area contributed by atoms with E-state index in [2.05, 4.69) is 32.3 Å². The maximum Gasteiger partial charge on any atom is 0.309 e. The van der Waals surface area contributed by atoms with Gasteiger partial charge < -0.3 is 9.47 Å². The van der Waals surface area contributed by atoms with E-state index in [1.54, 1.807) is 0 Å². The predicted octanol–water partition coefficient (Wildman–Crippen LogP) is 2.22. The number of hydrogen-bond donors (Lipinski definition) is 0. The number of esters is 1. The van der Waals surface area contributed by atoms with Gasteiger partial charge in [-0.25, -0.2) is 0 Å². The van der Waals surface area contributed by atoms with Crippen molar-refractivity contribution >= 4 is 14.6 Å². The standard InChI is InChI=1S/C15H30NO3P/c1-15(2,3)11-13(12-20-4)14(17)19-10-7-16-5-8-18-9-6-16/h13,20H,5-12H2,1-4H3. The lowest BCUT2D eigenvalue weighted by molar-refractivity contribution is -0.149. The van der Waals surface area contributed by atoms with E-state index in [-0.39, 0.29) is 17.3 Å². The van der Waals surface area contributed by atoms with Gasteiger partial charge in [-0.2, -0.15) is 0 Å². The molecule has 0 aliphatic carbocycles. The lowest BCUT2D eigenvalue weighted by atomic mass is 9.85. The van der Waals surface area contributed by atoms with Crippen LogP contribution in [-0.2, 0) is 14.3 Å². The van der Waals surface area contributed by atoms with E-state index < -0.39 is 0 Å². The summed E-state index contributed by atoms with van der Waals surface area (Å²) in [6, 6.07) is 0. The molecule has 1 aliphatic rings. The number of carbonyl (C=O) groups is 1. The molecule has 0 aromatic rings. The van der Waals surface area contributed by atoms with Crippen molar-refractivity contribution in [2.24, 2.45) is 11.3 Å². The third kappa shape index (κ3) is 7.56. The molecule has 2 unspecified atom stereocenters. The lowest BCUT2D eigenvalue weighted by Crippen LogP contribution is -2.39. The Morgan fingerprint density at radius 2 is 2.00 bits per heavy atom. The fraction of sp³-hybridized carbons (Fsp3) is 0.933. The Labute approximate surface area is 125 Å². The minimum atomic E-state index is -0.0115. The average molecular weight is 303 g/mol. The highest BCUT2D eigenvalue weighted by atomic mass is 31.1. The number of ether oxygens (including phenoxy) is 2. The van der Waals surface area contributed by atoms with E-state index in [4.69, 9.17) is 9.47 Å². The summed E-state index contributed by atoms with van der Waals surface area (Å²) >= 11 is 0. The molecule has 0 saturated carbocycles. The zero-order chi connectivity index (χ0) is 15.0. The minimum absolute atomic E-state index is 0.0115. The maximum absolute atomic E-state index is 12.2. The molecule has 0 aromatic heterocycles. The molecule has 1 rings (SSSR count). The van der Waals surface area contributed by atoms with E-state index in [0.29, 0.717) is 6.61 Å². The molecule has 0 amide bonds. The van der Waals surface area contributed by atoms with Crippen molar-refractivity contribution in [3.8, 4) is 0 Å². The molecule has 1 aliphatic heterocycles. The van der Waals surface area contributed by atoms with Crippen molar-refractivity contribution in [2.75, 3.05) is 52.3 Å². The highest BCUT2D eigenvalue weighted by molar-refractivity contribution is 7.37. The van der Waals surface area contributed by atoms with Gasteiger partial charge in [0.05, 0.1) is 19.1 Å². The normalized spacial score (nSPS) is 19.4. The van der Waals surface area contributed by atoms with Crippen LogP contribution in [0.3, 0.4) is 0 Å². The molecule has 118 valence electrons. The van der Waals surface area contributed by atoms with Gasteiger partial charge >= 0.3 is 5.97 Å². The minimum Gasteiger partial charge on any atom is -0.464 e. The molecule has 0 aromatic carbocycles. The van der Waals surface area contributed by atoms with Crippen LogP contribution in [0.1, 0.15) is 27.2 Å². The third-order valence-corrected chi connectivity index (χ3v) is 4.30. The van der Waals surface area contributed by atoms with Gasteiger partial charge in [0.2, 0.25) is 0 Å². The Bertz CT molecular complexity index is 285. The molecule has 0 spiro atoms. The molecule has 0 radical (unpaired) electrons. The van der Waals surface area contributed by atoms with Crippen LogP contribution in [0.2, 0.25) is 0 Å². The van der Waals surface area contributed by atoms with Crippen molar-refractivity contribution in [3.63, 3.8) is 0 Å². The molecule has 5 heteroatoms. The van der Waals surface area contributed by atoms with Crippen LogP contribution in [-0.4, -0.2) is 63.2 Å². The largest absolute Gasteiger partial charge is 0.464 e. The van der Waals surface area contributed by atoms with Crippen LogP contribution in [0.25, 0.3) is 0 Å². The Morgan fingerprint density at radius 1 is 1.35 bits per heavy atom. The van der Waals surface area contributed by atoms with Crippen molar-refractivity contribution in [1.29, 1.82) is 0 Å². The van der Waals surface area contributed by atoms with Gasteiger partial charge in [-0.3, -0.25) is 9.69 Å². The van der Waals surface area contributed by atoms with Gasteiger partial charge in [-0.1, -0.05) is 20.8 Å². The summed E-state index contributed by atoms with van der Waals surface area (Å²) in [6.07, 6.45) is 1.86. The predicted molar refractivity (Wildman–Crippen MR) is 84.9 cm³/mol. The summed E-state index contributed by atoms with van der Waals surface area (Å²) in [6.45, 7) is 13.5. The third-order valence-electron chi connectivity index (χ3n) is 3.40. The molecule has 0 bridgehead atoms. The van der Waals surface area contributed by atoms with Crippen LogP contribution >= 0.6 is 8.58 Å². The topological polar surface area (TPSA) is 38.8 Å². The number of nitrogens with zero attached hydrogens (tertiary/aromatic N) is 1. The molecule has 4 nitrogen and oxygen atoms in total. The van der Waals surface area contributed by atoms with Crippen molar-refractivity contribution < 1.29 is 14.3 Å². The molecule has 2 atom stereocenters. The monoisotopic (exact) mass is 303 g/mol. The first-order valence-electron chi connectivity index (χ1n) is 7.54. The van der Waals surface area contributed by atoms with Crippen LogP contribution in [0.5, 0.6) is 0 Å². The van der Waals surface area contributed by atoms with E-state index >= 15 is 0 Å². The van der Waals surface area contributed by atoms with Gasteiger partial charge in [0.1, 0.15) is 6.61 Å². The first kappa shape index (κ1) is 17.9. The second-order valence-electron chi connectivity index (χ2n) is 6.64. The van der Waals surface area contributed by atoms with Crippen molar-refractivity contribution in [2.45, 2.75) is 27.2 Å². The number of carbonyl (C=O) groups excluding carboxylic acids is 1. The SMILES string of the molecule is CPCC(CC(C)(C)C)C(=O)OCCN1CCOCC1. The molecule has 20 heavy (non-hydrogen) atoms. The first-order valence-corrected chi connectivity index (χ1v) is 9.24. The van der Waals surface area contributed by atoms with Gasteiger partial charge in [0.25, 0.3) is 0 Å². The van der Waals surface area contributed by atoms with E-state index in [9.17, 15) is 4.79 Å². The summed E-state index contributed by atoms with van der Waals surface area (Å²) in [5.74, 6) is 0.0468. The van der Waals surface area contributed by atoms with Gasteiger partial charge in [-0.15, -0.1) is 8.58 Å². The molecule has 1 saturated heterocycles. The van der Waals surface area contributed by atoms with E-state index in [1.165, 1.54) is 0 Å². The highest BCUT2D eigenvalue weighted by Gasteiger charge is 2.25. The molecule has 0 N–H and O–H groups in total. The Hall–Kier alpha value is -0.180. The van der Waals surface area contributed by atoms with Crippen molar-refractivity contribution in [3.05, 3.63) is 0 Å². The molecule has 1 fully saturated rings. The van der Waals surface area contributed by atoms with Gasteiger partial charge in [0, 0.05) is 19.6 Å². The van der Waals surface area contributed by atoms with Crippen molar-refractivity contribution in [1.82, 2.24) is 4.90 Å². The van der Waals surface area contributed by atoms with Gasteiger partial charge in [0.15, 0.2) is 0 Å². The summed E-state index contributed by atoms with van der Waals surface area (Å²) in [7, 11) is 0.799. The van der Waals surface area contributed by atoms with E-state index in [1.807, 2.05) is 0 Å². The zero-order valence-corrected chi connectivity index (χ0v) is 14.4. The summed E-state index contributed by atoms with van der Waals surface area (Å²) < 4.78 is 10.8. The lowest BCUT2D eigenvalue weighted by Gasteiger charge is -2.27. The van der Waals surface area contributed by atoms with Crippen LogP contribution in [0, 0.1) is 11.3 Å². The summed E-state index contributed by atoms with van der Waals surface area (Å²) in [5.41, 5.74) is 0.174. The number of hydrogen-bond acceptors (Lipinski definition) is 4. The molecule has 1 heterocycles. The van der Waals surface area contributed by atoms with Crippen LogP contribution in [0.4, 0.5) is 0 Å². The quantitative estimate of drug-likeness (QED) is 0.534. The Kier molecular flexibility index (Phi) is 8.01. The van der Waals surface area contributed by atoms with Crippen LogP contribution < -0.4 is 0 Å². The number of rotatable bonds is 7. The smallest absolute Gasteiger partial charge is 0.309 e. The molecular formula is C15H30NO3P. The average Bonchev–Trinajstić information content (AvgIpc) is 2.38. The Balaban J connectivity index is 2.29. The second kappa shape index (κ2) is 8.96. The second-order valence-corrected chi connectivity index (χ2v) is 7.76. The number of morpholine rings is 1. The Morgan fingerprint density at radius 3 is 2.55 bits per heavy atom. The van der Waals surface area contributed by atoms with Gasteiger partial charge in [-0.05, 0) is 24.7 Å². The maximum atomic E-state index is 12.2. The highest BCUT2D eigenvalue weighted by Crippen LogP contribution is 2.28. The summed E-state index contributed by atoms with van der Waals surface area (Å²) in [5, 5.41) is 0. The van der Waals surface area contributed by atoms with E-state index in [0.717, 1.165) is 54.0 Å². The first-order chi connectivity index (χ1) is 9.42. The fourth-order valence-corrected chi connectivity index (χ4v) is 3.25.